The third-order valence-corrected chi connectivity index (χ3v) is 4.45. The van der Waals surface area contributed by atoms with Gasteiger partial charge in [0.15, 0.2) is 0 Å². The van der Waals surface area contributed by atoms with E-state index < -0.39 is 0 Å². The van der Waals surface area contributed by atoms with E-state index in [2.05, 4.69) is 32.6 Å². The van der Waals surface area contributed by atoms with Crippen LogP contribution in [0.3, 0.4) is 0 Å². The highest BCUT2D eigenvalue weighted by Gasteiger charge is 2.08. The molecule has 5 nitrogen and oxygen atoms in total. The monoisotopic (exact) mass is 342 g/mol. The van der Waals surface area contributed by atoms with Gasteiger partial charge in [-0.1, -0.05) is 42.5 Å². The van der Waals surface area contributed by atoms with Crippen LogP contribution < -0.4 is 10.4 Å². The first-order valence-corrected chi connectivity index (χ1v) is 8.53. The second-order valence-corrected chi connectivity index (χ2v) is 6.07. The number of phenols is 1. The summed E-state index contributed by atoms with van der Waals surface area (Å²) in [5, 5.41) is 31.1. The van der Waals surface area contributed by atoms with Crippen molar-refractivity contribution in [3.8, 4) is 5.75 Å². The number of benzene rings is 3. The summed E-state index contributed by atoms with van der Waals surface area (Å²) in [5.41, 5.74) is 2.08. The van der Waals surface area contributed by atoms with Gasteiger partial charge in [-0.2, -0.15) is 10.2 Å². The largest absolute Gasteiger partial charge is 0.506 e. The molecule has 1 N–H and O–H groups in total. The molecule has 0 fully saturated rings. The molecule has 0 saturated carbocycles. The number of hydrogen-bond donors (Lipinski definition) is 1. The lowest BCUT2D eigenvalue weighted by molar-refractivity contribution is 0.477. The van der Waals surface area contributed by atoms with Crippen LogP contribution in [0.25, 0.3) is 22.9 Å². The fourth-order valence-corrected chi connectivity index (χ4v) is 3.23. The maximum absolute atomic E-state index is 10.2. The summed E-state index contributed by atoms with van der Waals surface area (Å²) < 4.78 is 0. The fraction of sp³-hybridized carbons (Fsp3) is 0.143. The first-order chi connectivity index (χ1) is 12.8. The maximum atomic E-state index is 10.2. The van der Waals surface area contributed by atoms with E-state index in [1.165, 1.54) is 0 Å². The van der Waals surface area contributed by atoms with Crippen molar-refractivity contribution in [2.24, 2.45) is 20.5 Å². The number of hydrogen-bond acceptors (Lipinski definition) is 5. The summed E-state index contributed by atoms with van der Waals surface area (Å²) in [5.74, 6) is 0.119. The summed E-state index contributed by atoms with van der Waals surface area (Å²) >= 11 is 0. The number of azo groups is 2. The van der Waals surface area contributed by atoms with Crippen molar-refractivity contribution < 1.29 is 5.11 Å². The molecular formula is C21H18N4O. The Bertz CT molecular complexity index is 1160. The SMILES string of the molecule is CN=Nc1ccc(N=Nc2c(O)ccc3ccccc23)c2c1=CCCC=2. The van der Waals surface area contributed by atoms with Gasteiger partial charge in [0.1, 0.15) is 11.4 Å². The van der Waals surface area contributed by atoms with Gasteiger partial charge in [-0.15, -0.1) is 10.2 Å². The molecule has 1 aliphatic carbocycles. The van der Waals surface area contributed by atoms with E-state index in [1.54, 1.807) is 13.1 Å². The highest BCUT2D eigenvalue weighted by atomic mass is 16.3. The number of rotatable bonds is 3. The lowest BCUT2D eigenvalue weighted by Crippen LogP contribution is -2.27. The van der Waals surface area contributed by atoms with Gasteiger partial charge < -0.3 is 5.11 Å². The molecule has 0 saturated heterocycles. The van der Waals surface area contributed by atoms with E-state index in [0.717, 1.165) is 45.4 Å². The topological polar surface area (TPSA) is 69.7 Å². The molecule has 0 heterocycles. The van der Waals surface area contributed by atoms with Gasteiger partial charge in [0, 0.05) is 22.9 Å². The first kappa shape index (κ1) is 16.1. The summed E-state index contributed by atoms with van der Waals surface area (Å²) in [6.07, 6.45) is 6.25. The summed E-state index contributed by atoms with van der Waals surface area (Å²) in [6.45, 7) is 0. The number of fused-ring (bicyclic) bond motifs is 2. The Morgan fingerprint density at radius 1 is 0.769 bits per heavy atom. The quantitative estimate of drug-likeness (QED) is 0.666. The predicted octanol–water partition coefficient (Wildman–Crippen LogP) is 5.03. The highest BCUT2D eigenvalue weighted by Crippen LogP contribution is 2.35. The Morgan fingerprint density at radius 3 is 2.19 bits per heavy atom. The van der Waals surface area contributed by atoms with E-state index in [1.807, 2.05) is 42.5 Å². The second-order valence-electron chi connectivity index (χ2n) is 6.07. The third-order valence-electron chi connectivity index (χ3n) is 4.45. The molecule has 1 aliphatic rings. The van der Waals surface area contributed by atoms with Crippen molar-refractivity contribution in [1.82, 2.24) is 0 Å². The van der Waals surface area contributed by atoms with Crippen LogP contribution in [0.2, 0.25) is 0 Å². The third kappa shape index (κ3) is 2.88. The van der Waals surface area contributed by atoms with Gasteiger partial charge in [-0.3, -0.25) is 0 Å². The highest BCUT2D eigenvalue weighted by molar-refractivity contribution is 5.95. The number of nitrogens with zero attached hydrogens (tertiary/aromatic N) is 4. The Hall–Kier alpha value is -3.34. The minimum atomic E-state index is 0.119. The Morgan fingerprint density at radius 2 is 1.46 bits per heavy atom. The van der Waals surface area contributed by atoms with Gasteiger partial charge in [0.25, 0.3) is 0 Å². The van der Waals surface area contributed by atoms with Crippen molar-refractivity contribution >= 4 is 40.0 Å². The zero-order valence-corrected chi connectivity index (χ0v) is 14.4. The van der Waals surface area contributed by atoms with Crippen molar-refractivity contribution in [3.05, 3.63) is 59.0 Å². The maximum Gasteiger partial charge on any atom is 0.143 e. The van der Waals surface area contributed by atoms with Crippen LogP contribution in [0.15, 0.2) is 69.0 Å². The van der Waals surface area contributed by atoms with Crippen LogP contribution in [-0.4, -0.2) is 12.2 Å². The molecule has 0 amide bonds. The summed E-state index contributed by atoms with van der Waals surface area (Å²) in [7, 11) is 1.66. The molecule has 0 radical (unpaired) electrons. The van der Waals surface area contributed by atoms with Crippen LogP contribution in [0.5, 0.6) is 5.75 Å². The summed E-state index contributed by atoms with van der Waals surface area (Å²) in [6, 6.07) is 15.1. The van der Waals surface area contributed by atoms with E-state index in [9.17, 15) is 5.11 Å². The molecular weight excluding hydrogens is 324 g/mol. The van der Waals surface area contributed by atoms with Crippen LogP contribution in [0.4, 0.5) is 17.1 Å². The van der Waals surface area contributed by atoms with Gasteiger partial charge in [-0.05, 0) is 36.4 Å². The fourth-order valence-electron chi connectivity index (χ4n) is 3.23. The zero-order valence-electron chi connectivity index (χ0n) is 14.4. The molecule has 0 spiro atoms. The molecule has 0 bridgehead atoms. The predicted molar refractivity (Wildman–Crippen MR) is 104 cm³/mol. The average Bonchev–Trinajstić information content (AvgIpc) is 2.68. The smallest absolute Gasteiger partial charge is 0.143 e. The number of phenolic OH excluding ortho intramolecular Hbond substituents is 1. The molecule has 0 aromatic heterocycles. The van der Waals surface area contributed by atoms with Crippen LogP contribution in [-0.2, 0) is 0 Å². The second kappa shape index (κ2) is 6.88. The average molecular weight is 342 g/mol. The van der Waals surface area contributed by atoms with E-state index in [4.69, 9.17) is 0 Å². The lowest BCUT2D eigenvalue weighted by Gasteiger charge is -2.06. The molecule has 4 rings (SSSR count). The van der Waals surface area contributed by atoms with Crippen molar-refractivity contribution in [2.45, 2.75) is 12.8 Å². The molecule has 0 aliphatic heterocycles. The standard InChI is InChI=1S/C21H18N4O/c1-22-23-18-11-12-19(17-9-5-4-8-16(17)18)24-25-21-15-7-3-2-6-14(15)10-13-20(21)26/h2-3,6-13,26H,4-5H2,1H3. The number of aromatic hydroxyl groups is 1. The minimum Gasteiger partial charge on any atom is -0.506 e. The molecule has 3 aromatic rings. The van der Waals surface area contributed by atoms with Gasteiger partial charge in [0.2, 0.25) is 0 Å². The molecule has 26 heavy (non-hydrogen) atoms. The Labute approximate surface area is 150 Å². The first-order valence-electron chi connectivity index (χ1n) is 8.53. The molecule has 5 heteroatoms. The normalized spacial score (nSPS) is 13.7. The van der Waals surface area contributed by atoms with Crippen LogP contribution >= 0.6 is 0 Å². The van der Waals surface area contributed by atoms with Crippen molar-refractivity contribution in [1.29, 1.82) is 0 Å². The molecule has 0 unspecified atom stereocenters. The van der Waals surface area contributed by atoms with E-state index in [-0.39, 0.29) is 5.75 Å². The Kier molecular flexibility index (Phi) is 4.27. The zero-order chi connectivity index (χ0) is 17.9. The van der Waals surface area contributed by atoms with E-state index in [0.29, 0.717) is 5.69 Å². The molecule has 0 atom stereocenters. The lowest BCUT2D eigenvalue weighted by atomic mass is 10.1. The van der Waals surface area contributed by atoms with Gasteiger partial charge in [-0.25, -0.2) is 0 Å². The van der Waals surface area contributed by atoms with E-state index >= 15 is 0 Å². The van der Waals surface area contributed by atoms with Crippen LogP contribution in [0, 0.1) is 0 Å². The summed E-state index contributed by atoms with van der Waals surface area (Å²) in [4.78, 5) is 0. The van der Waals surface area contributed by atoms with Crippen LogP contribution in [0.1, 0.15) is 12.8 Å². The molecule has 3 aromatic carbocycles. The molecule has 128 valence electrons. The van der Waals surface area contributed by atoms with Crippen molar-refractivity contribution in [3.63, 3.8) is 0 Å². The van der Waals surface area contributed by atoms with Gasteiger partial charge >= 0.3 is 0 Å². The Balaban J connectivity index is 1.86. The van der Waals surface area contributed by atoms with Gasteiger partial charge in [0.05, 0.1) is 11.4 Å². The minimum absolute atomic E-state index is 0.119. The van der Waals surface area contributed by atoms with Crippen molar-refractivity contribution in [2.75, 3.05) is 7.05 Å².